The van der Waals surface area contributed by atoms with Crippen LogP contribution in [-0.4, -0.2) is 26.5 Å². The van der Waals surface area contributed by atoms with Crippen LogP contribution in [0.3, 0.4) is 0 Å². The molecular weight excluding hydrogens is 470 g/mol. The second-order valence-corrected chi connectivity index (χ2v) is 9.17. The fourth-order valence-electron chi connectivity index (χ4n) is 4.42. The minimum absolute atomic E-state index is 0.490. The van der Waals surface area contributed by atoms with Crippen molar-refractivity contribution in [3.8, 4) is 6.07 Å². The van der Waals surface area contributed by atoms with Crippen LogP contribution in [0, 0.1) is 25.2 Å². The number of benzene rings is 1. The summed E-state index contributed by atoms with van der Waals surface area (Å²) in [6.45, 7) is 5.65. The van der Waals surface area contributed by atoms with Crippen molar-refractivity contribution in [1.82, 2.24) is 25.3 Å². The van der Waals surface area contributed by atoms with E-state index in [1.807, 2.05) is 61.9 Å². The SMILES string of the molecule is Cc1ncc(C#N)c(Nc2ccc3[nH]ccc3c2C)c1C=Cc1ccc(CNCCc2cccnc2)cn1. The molecule has 0 bridgehead atoms. The van der Waals surface area contributed by atoms with Crippen LogP contribution in [0.15, 0.2) is 73.4 Å². The minimum atomic E-state index is 0.490. The summed E-state index contributed by atoms with van der Waals surface area (Å²) in [4.78, 5) is 16.5. The van der Waals surface area contributed by atoms with E-state index < -0.39 is 0 Å². The Morgan fingerprint density at radius 3 is 2.68 bits per heavy atom. The molecule has 0 aliphatic heterocycles. The molecule has 3 N–H and O–H groups in total. The van der Waals surface area contributed by atoms with Crippen LogP contribution in [0.25, 0.3) is 23.1 Å². The second-order valence-electron chi connectivity index (χ2n) is 9.17. The van der Waals surface area contributed by atoms with Gasteiger partial charge in [0.15, 0.2) is 0 Å². The summed E-state index contributed by atoms with van der Waals surface area (Å²) in [7, 11) is 0. The Kier molecular flexibility index (Phi) is 7.53. The van der Waals surface area contributed by atoms with Crippen LogP contribution in [0.5, 0.6) is 0 Å². The van der Waals surface area contributed by atoms with Crippen LogP contribution in [0.4, 0.5) is 11.4 Å². The third-order valence-corrected chi connectivity index (χ3v) is 6.61. The van der Waals surface area contributed by atoms with E-state index in [4.69, 9.17) is 0 Å². The Labute approximate surface area is 222 Å². The number of hydrogen-bond donors (Lipinski definition) is 3. The van der Waals surface area contributed by atoms with Crippen LogP contribution in [-0.2, 0) is 13.0 Å². The van der Waals surface area contributed by atoms with Crippen LogP contribution in [0.1, 0.15) is 39.2 Å². The van der Waals surface area contributed by atoms with Gasteiger partial charge in [0, 0.05) is 65.4 Å². The van der Waals surface area contributed by atoms with E-state index in [-0.39, 0.29) is 0 Å². The first-order valence-electron chi connectivity index (χ1n) is 12.6. The number of anilines is 2. The Hall–Kier alpha value is -4.80. The molecule has 7 heteroatoms. The predicted molar refractivity (Wildman–Crippen MR) is 153 cm³/mol. The van der Waals surface area contributed by atoms with Crippen molar-refractivity contribution >= 4 is 34.4 Å². The molecule has 5 aromatic rings. The van der Waals surface area contributed by atoms with Gasteiger partial charge < -0.3 is 15.6 Å². The molecular formula is C31H29N7. The first kappa shape index (κ1) is 24.9. The monoisotopic (exact) mass is 499 g/mol. The zero-order valence-electron chi connectivity index (χ0n) is 21.5. The molecule has 0 saturated heterocycles. The van der Waals surface area contributed by atoms with Gasteiger partial charge in [0.2, 0.25) is 0 Å². The summed E-state index contributed by atoms with van der Waals surface area (Å²) in [6, 6.07) is 16.5. The molecule has 4 aromatic heterocycles. The van der Waals surface area contributed by atoms with E-state index in [2.05, 4.69) is 61.8 Å². The van der Waals surface area contributed by atoms with Crippen molar-refractivity contribution in [3.05, 3.63) is 113 Å². The largest absolute Gasteiger partial charge is 0.361 e. The minimum Gasteiger partial charge on any atom is -0.361 e. The van der Waals surface area contributed by atoms with Gasteiger partial charge in [0.05, 0.1) is 16.9 Å². The van der Waals surface area contributed by atoms with Crippen LogP contribution in [0.2, 0.25) is 0 Å². The lowest BCUT2D eigenvalue weighted by atomic mass is 10.0. The van der Waals surface area contributed by atoms with Crippen molar-refractivity contribution in [2.45, 2.75) is 26.8 Å². The molecule has 0 saturated carbocycles. The Bertz CT molecular complexity index is 1610. The maximum Gasteiger partial charge on any atom is 0.103 e. The summed E-state index contributed by atoms with van der Waals surface area (Å²) in [5.74, 6) is 0. The van der Waals surface area contributed by atoms with Crippen molar-refractivity contribution < 1.29 is 0 Å². The summed E-state index contributed by atoms with van der Waals surface area (Å²) < 4.78 is 0. The highest BCUT2D eigenvalue weighted by molar-refractivity contribution is 5.90. The molecule has 5 rings (SSSR count). The van der Waals surface area contributed by atoms with E-state index in [0.717, 1.165) is 69.9 Å². The number of aromatic amines is 1. The third kappa shape index (κ3) is 5.61. The number of fused-ring (bicyclic) bond motifs is 1. The van der Waals surface area contributed by atoms with Crippen molar-refractivity contribution in [2.24, 2.45) is 0 Å². The average Bonchev–Trinajstić information content (AvgIpc) is 3.43. The molecule has 38 heavy (non-hydrogen) atoms. The fraction of sp³-hybridized carbons (Fsp3) is 0.161. The zero-order chi connectivity index (χ0) is 26.3. The van der Waals surface area contributed by atoms with Gasteiger partial charge in [-0.1, -0.05) is 12.1 Å². The topological polar surface area (TPSA) is 102 Å². The van der Waals surface area contributed by atoms with Gasteiger partial charge in [-0.15, -0.1) is 0 Å². The van der Waals surface area contributed by atoms with Crippen LogP contribution < -0.4 is 10.6 Å². The second kappa shape index (κ2) is 11.5. The van der Waals surface area contributed by atoms with Gasteiger partial charge >= 0.3 is 0 Å². The normalized spacial score (nSPS) is 11.2. The van der Waals surface area contributed by atoms with Gasteiger partial charge in [-0.25, -0.2) is 0 Å². The quantitative estimate of drug-likeness (QED) is 0.212. The molecule has 0 spiro atoms. The molecule has 0 atom stereocenters. The molecule has 0 aliphatic carbocycles. The summed E-state index contributed by atoms with van der Waals surface area (Å²) >= 11 is 0. The molecule has 188 valence electrons. The van der Waals surface area contributed by atoms with Crippen molar-refractivity contribution in [1.29, 1.82) is 5.26 Å². The van der Waals surface area contributed by atoms with Crippen molar-refractivity contribution in [2.75, 3.05) is 11.9 Å². The number of rotatable bonds is 9. The van der Waals surface area contributed by atoms with Gasteiger partial charge in [-0.3, -0.25) is 15.0 Å². The van der Waals surface area contributed by atoms with E-state index in [1.54, 1.807) is 12.4 Å². The third-order valence-electron chi connectivity index (χ3n) is 6.61. The van der Waals surface area contributed by atoms with E-state index in [0.29, 0.717) is 5.56 Å². The number of H-pyrrole nitrogens is 1. The number of aromatic nitrogens is 4. The van der Waals surface area contributed by atoms with Crippen molar-refractivity contribution in [3.63, 3.8) is 0 Å². The number of nitrogens with one attached hydrogen (secondary N) is 3. The highest BCUT2D eigenvalue weighted by atomic mass is 14.9. The maximum absolute atomic E-state index is 9.81. The Morgan fingerprint density at radius 1 is 0.974 bits per heavy atom. The number of aryl methyl sites for hydroxylation is 2. The lowest BCUT2D eigenvalue weighted by molar-refractivity contribution is 0.684. The standard InChI is InChI=1S/C31H29N7/c1-21-27-12-15-35-30(27)10-9-29(21)38-31-25(16-32)20-36-22(2)28(31)8-7-26-6-5-24(19-37-26)18-34-14-11-23-4-3-13-33-17-23/h3-10,12-13,15,17,19-20,34-35H,11,14,18H2,1-2H3,(H,36,38). The molecule has 1 aromatic carbocycles. The molecule has 0 amide bonds. The lowest BCUT2D eigenvalue weighted by Crippen LogP contribution is -2.16. The number of hydrogen-bond acceptors (Lipinski definition) is 6. The first-order valence-corrected chi connectivity index (χ1v) is 12.6. The first-order chi connectivity index (χ1) is 18.6. The molecule has 7 nitrogen and oxygen atoms in total. The number of nitriles is 1. The highest BCUT2D eigenvalue weighted by Gasteiger charge is 2.13. The zero-order valence-corrected chi connectivity index (χ0v) is 21.5. The lowest BCUT2D eigenvalue weighted by Gasteiger charge is -2.15. The molecule has 0 fully saturated rings. The fourth-order valence-corrected chi connectivity index (χ4v) is 4.42. The van der Waals surface area contributed by atoms with Gasteiger partial charge in [-0.05, 0) is 86.0 Å². The number of nitrogens with zero attached hydrogens (tertiary/aromatic N) is 4. The van der Waals surface area contributed by atoms with E-state index in [1.165, 1.54) is 5.56 Å². The van der Waals surface area contributed by atoms with E-state index >= 15 is 0 Å². The molecule has 0 radical (unpaired) electrons. The van der Waals surface area contributed by atoms with Gasteiger partial charge in [-0.2, -0.15) is 5.26 Å². The summed E-state index contributed by atoms with van der Waals surface area (Å²) in [6.07, 6.45) is 14.0. The summed E-state index contributed by atoms with van der Waals surface area (Å²) in [5.41, 5.74) is 9.25. The smallest absolute Gasteiger partial charge is 0.103 e. The van der Waals surface area contributed by atoms with E-state index in [9.17, 15) is 5.26 Å². The Balaban J connectivity index is 1.30. The highest BCUT2D eigenvalue weighted by Crippen LogP contribution is 2.32. The van der Waals surface area contributed by atoms with Gasteiger partial charge in [0.25, 0.3) is 0 Å². The van der Waals surface area contributed by atoms with Gasteiger partial charge in [0.1, 0.15) is 6.07 Å². The molecule has 4 heterocycles. The number of pyridine rings is 3. The maximum atomic E-state index is 9.81. The average molecular weight is 500 g/mol. The summed E-state index contributed by atoms with van der Waals surface area (Å²) in [5, 5.41) is 17.9. The van der Waals surface area contributed by atoms with Crippen LogP contribution >= 0.6 is 0 Å². The molecule has 0 aliphatic rings. The molecule has 0 unspecified atom stereocenters. The Morgan fingerprint density at radius 2 is 1.89 bits per heavy atom. The predicted octanol–water partition coefficient (Wildman–Crippen LogP) is 6.09.